The number of piperazine rings is 1. The third-order valence-corrected chi connectivity index (χ3v) is 8.43. The summed E-state index contributed by atoms with van der Waals surface area (Å²) in [5, 5.41) is 9.20. The monoisotopic (exact) mass is 528 g/mol. The molecule has 0 radical (unpaired) electrons. The molecule has 204 valence electrons. The average Bonchev–Trinajstić information content (AvgIpc) is 3.34. The van der Waals surface area contributed by atoms with Gasteiger partial charge < -0.3 is 16.0 Å². The van der Waals surface area contributed by atoms with Gasteiger partial charge in [-0.25, -0.2) is 19.0 Å². The molecule has 0 atom stereocenters. The molecule has 1 saturated carbocycles. The topological polar surface area (TPSA) is 88.1 Å². The molecule has 2 aliphatic rings. The molecule has 0 bridgehead atoms. The van der Waals surface area contributed by atoms with Crippen molar-refractivity contribution in [1.82, 2.24) is 29.5 Å². The number of rotatable bonds is 6. The lowest BCUT2D eigenvalue weighted by molar-refractivity contribution is 0.0815. The van der Waals surface area contributed by atoms with Crippen molar-refractivity contribution in [3.05, 3.63) is 65.7 Å². The summed E-state index contributed by atoms with van der Waals surface area (Å²) >= 11 is 0. The Hall–Kier alpha value is -3.56. The van der Waals surface area contributed by atoms with Crippen LogP contribution in [-0.4, -0.2) is 68.8 Å². The number of fused-ring (bicyclic) bond motifs is 1. The second-order valence-corrected chi connectivity index (χ2v) is 11.1. The van der Waals surface area contributed by atoms with Gasteiger partial charge in [0.2, 0.25) is 0 Å². The molecule has 8 nitrogen and oxygen atoms in total. The summed E-state index contributed by atoms with van der Waals surface area (Å²) in [4.78, 5) is 14.0. The highest BCUT2D eigenvalue weighted by Crippen LogP contribution is 2.37. The van der Waals surface area contributed by atoms with Gasteiger partial charge in [-0.05, 0) is 63.4 Å². The number of benzene rings is 2. The van der Waals surface area contributed by atoms with Gasteiger partial charge in [0.1, 0.15) is 23.7 Å². The van der Waals surface area contributed by atoms with Crippen molar-refractivity contribution in [1.29, 1.82) is 0 Å². The predicted molar refractivity (Wildman–Crippen MR) is 154 cm³/mol. The molecule has 1 saturated heterocycles. The molecule has 9 heteroatoms. The molecule has 6 rings (SSSR count). The molecule has 39 heavy (non-hydrogen) atoms. The van der Waals surface area contributed by atoms with Gasteiger partial charge >= 0.3 is 0 Å². The van der Waals surface area contributed by atoms with Crippen LogP contribution >= 0.6 is 0 Å². The van der Waals surface area contributed by atoms with Gasteiger partial charge in [-0.3, -0.25) is 4.90 Å². The summed E-state index contributed by atoms with van der Waals surface area (Å²) < 4.78 is 16.3. The first-order valence-electron chi connectivity index (χ1n) is 14.0. The highest BCUT2D eigenvalue weighted by atomic mass is 19.1. The van der Waals surface area contributed by atoms with Crippen LogP contribution < -0.4 is 11.1 Å². The van der Waals surface area contributed by atoms with E-state index < -0.39 is 0 Å². The Morgan fingerprint density at radius 1 is 0.949 bits per heavy atom. The molecule has 3 N–H and O–H groups in total. The van der Waals surface area contributed by atoms with E-state index in [0.717, 1.165) is 72.6 Å². The number of aromatic nitrogens is 4. The minimum Gasteiger partial charge on any atom is -0.383 e. The van der Waals surface area contributed by atoms with E-state index in [1.165, 1.54) is 19.2 Å². The van der Waals surface area contributed by atoms with E-state index in [1.54, 1.807) is 6.07 Å². The van der Waals surface area contributed by atoms with E-state index in [9.17, 15) is 4.39 Å². The number of anilines is 2. The van der Waals surface area contributed by atoms with Crippen molar-refractivity contribution < 1.29 is 4.39 Å². The van der Waals surface area contributed by atoms with Gasteiger partial charge in [0.05, 0.1) is 11.4 Å². The lowest BCUT2D eigenvalue weighted by Crippen LogP contribution is -2.49. The van der Waals surface area contributed by atoms with Crippen LogP contribution in [0, 0.1) is 12.7 Å². The summed E-state index contributed by atoms with van der Waals surface area (Å²) in [6.07, 6.45) is 6.04. The van der Waals surface area contributed by atoms with Crippen molar-refractivity contribution >= 4 is 22.5 Å². The minimum absolute atomic E-state index is 0.191. The molecule has 2 fully saturated rings. The van der Waals surface area contributed by atoms with E-state index in [4.69, 9.17) is 10.8 Å². The van der Waals surface area contributed by atoms with Crippen LogP contribution in [0.25, 0.3) is 22.3 Å². The molecule has 4 aromatic rings. The van der Waals surface area contributed by atoms with Crippen molar-refractivity contribution in [2.24, 2.45) is 0 Å². The van der Waals surface area contributed by atoms with Crippen LogP contribution in [-0.2, 0) is 6.54 Å². The Balaban J connectivity index is 1.19. The van der Waals surface area contributed by atoms with Crippen molar-refractivity contribution in [2.75, 3.05) is 44.3 Å². The smallest absolute Gasteiger partial charge is 0.164 e. The van der Waals surface area contributed by atoms with Gasteiger partial charge in [0, 0.05) is 55.6 Å². The zero-order chi connectivity index (χ0) is 26.9. The quantitative estimate of drug-likeness (QED) is 0.369. The fourth-order valence-corrected chi connectivity index (χ4v) is 6.05. The Morgan fingerprint density at radius 3 is 2.38 bits per heavy atom. The van der Waals surface area contributed by atoms with Crippen molar-refractivity contribution in [3.63, 3.8) is 0 Å². The first kappa shape index (κ1) is 25.7. The first-order chi connectivity index (χ1) is 19.0. The molecular weight excluding hydrogens is 491 g/mol. The number of nitrogens with two attached hydrogens (primary N) is 1. The summed E-state index contributed by atoms with van der Waals surface area (Å²) in [7, 11) is 2.21. The molecule has 2 aromatic carbocycles. The second kappa shape index (κ2) is 10.9. The number of nitrogens with one attached hydrogen (secondary N) is 1. The van der Waals surface area contributed by atoms with E-state index in [0.29, 0.717) is 30.0 Å². The molecule has 0 amide bonds. The van der Waals surface area contributed by atoms with Crippen LogP contribution in [0.15, 0.2) is 48.8 Å². The van der Waals surface area contributed by atoms with Crippen molar-refractivity contribution in [3.8, 4) is 11.3 Å². The number of halogens is 1. The van der Waals surface area contributed by atoms with Gasteiger partial charge in [0.15, 0.2) is 5.65 Å². The minimum atomic E-state index is -0.191. The number of nitrogens with zero attached hydrogens (tertiary/aromatic N) is 6. The van der Waals surface area contributed by atoms with E-state index in [-0.39, 0.29) is 5.82 Å². The van der Waals surface area contributed by atoms with Gasteiger partial charge in [-0.15, -0.1) is 0 Å². The summed E-state index contributed by atoms with van der Waals surface area (Å²) in [5.41, 5.74) is 11.4. The van der Waals surface area contributed by atoms with Crippen LogP contribution in [0.2, 0.25) is 0 Å². The third-order valence-electron chi connectivity index (χ3n) is 8.43. The lowest BCUT2D eigenvalue weighted by atomic mass is 9.90. The Morgan fingerprint density at radius 2 is 1.67 bits per heavy atom. The molecule has 1 aliphatic heterocycles. The van der Waals surface area contributed by atoms with Crippen LogP contribution in [0.1, 0.15) is 42.9 Å². The highest BCUT2D eigenvalue weighted by molar-refractivity contribution is 5.98. The fourth-order valence-electron chi connectivity index (χ4n) is 6.05. The largest absolute Gasteiger partial charge is 0.383 e. The normalized spacial score (nSPS) is 20.9. The van der Waals surface area contributed by atoms with E-state index in [1.807, 2.05) is 43.3 Å². The number of aryl methyl sites for hydroxylation is 1. The van der Waals surface area contributed by atoms with Gasteiger partial charge in [-0.2, -0.15) is 5.10 Å². The van der Waals surface area contributed by atoms with E-state index >= 15 is 0 Å². The van der Waals surface area contributed by atoms with Crippen LogP contribution in [0.4, 0.5) is 15.9 Å². The standard InChI is InChI=1S/C30H37FN8/c1-20-3-4-22(26(31)17-20)18-33-23-7-5-21(6-8-23)28-27-29(32)34-19-35-30(27)39(36-28)25-11-9-24(10-12-25)38-15-13-37(2)14-16-38/h3-8,17,19,24-25,33H,9-16,18H2,1-2H3,(H2,32,34,35)/t24-,25+. The summed E-state index contributed by atoms with van der Waals surface area (Å²) in [6, 6.07) is 14.3. The maximum Gasteiger partial charge on any atom is 0.164 e. The second-order valence-electron chi connectivity index (χ2n) is 11.1. The predicted octanol–water partition coefficient (Wildman–Crippen LogP) is 4.87. The first-order valence-corrected chi connectivity index (χ1v) is 14.0. The zero-order valence-electron chi connectivity index (χ0n) is 22.8. The van der Waals surface area contributed by atoms with Crippen molar-refractivity contribution in [2.45, 2.75) is 51.2 Å². The van der Waals surface area contributed by atoms with Gasteiger partial charge in [0.25, 0.3) is 0 Å². The number of hydrogen-bond donors (Lipinski definition) is 2. The molecule has 3 heterocycles. The fraction of sp³-hybridized carbons (Fsp3) is 0.433. The van der Waals surface area contributed by atoms with Gasteiger partial charge in [-0.1, -0.05) is 24.3 Å². The van der Waals surface area contributed by atoms with E-state index in [2.05, 4.69) is 36.8 Å². The average molecular weight is 529 g/mol. The number of hydrogen-bond acceptors (Lipinski definition) is 7. The number of likely N-dealkylation sites (N-methyl/N-ethyl adjacent to an activating group) is 1. The maximum atomic E-state index is 14.2. The summed E-state index contributed by atoms with van der Waals surface area (Å²) in [5.74, 6) is 0.258. The Labute approximate surface area is 229 Å². The molecule has 1 aliphatic carbocycles. The Kier molecular flexibility index (Phi) is 7.18. The Bertz CT molecular complexity index is 1430. The highest BCUT2D eigenvalue weighted by Gasteiger charge is 2.30. The maximum absolute atomic E-state index is 14.2. The molecule has 0 spiro atoms. The third kappa shape index (κ3) is 5.33. The number of nitrogen functional groups attached to an aromatic ring is 1. The SMILES string of the molecule is Cc1ccc(CNc2ccc(-c3nn([C@H]4CC[C@@H](N5CCN(C)CC5)CC4)c4ncnc(N)c34)cc2)c(F)c1. The summed E-state index contributed by atoms with van der Waals surface area (Å²) in [6.45, 7) is 6.94. The lowest BCUT2D eigenvalue weighted by Gasteiger charge is -2.41. The zero-order valence-corrected chi connectivity index (χ0v) is 22.8. The van der Waals surface area contributed by atoms with Crippen LogP contribution in [0.3, 0.4) is 0 Å². The molecule has 2 aromatic heterocycles. The molecular formula is C30H37FN8. The van der Waals surface area contributed by atoms with Crippen LogP contribution in [0.5, 0.6) is 0 Å². The molecule has 0 unspecified atom stereocenters.